The number of para-hydroxylation sites is 1. The zero-order valence-corrected chi connectivity index (χ0v) is 22.9. The van der Waals surface area contributed by atoms with Crippen LogP contribution in [0.15, 0.2) is 48.5 Å². The molecular formula is C29H32F6N2O4. The van der Waals surface area contributed by atoms with Crippen molar-refractivity contribution in [3.05, 3.63) is 65.5 Å². The molecule has 2 heterocycles. The van der Waals surface area contributed by atoms with Crippen molar-refractivity contribution in [1.82, 2.24) is 9.80 Å². The largest absolute Gasteiger partial charge is 0.573 e. The van der Waals surface area contributed by atoms with Gasteiger partial charge in [0.25, 0.3) is 5.91 Å². The molecular weight excluding hydrogens is 554 g/mol. The Labute approximate surface area is 234 Å². The lowest BCUT2D eigenvalue weighted by Crippen LogP contribution is -2.55. The predicted octanol–water partition coefficient (Wildman–Crippen LogP) is 6.85. The van der Waals surface area contributed by atoms with Gasteiger partial charge in [-0.25, -0.2) is 9.18 Å². The van der Waals surface area contributed by atoms with Crippen LogP contribution in [0, 0.1) is 11.2 Å². The first-order valence-corrected chi connectivity index (χ1v) is 13.3. The number of carbonyl (C=O) groups is 2. The minimum Gasteiger partial charge on any atom is -0.444 e. The maximum Gasteiger partial charge on any atom is 0.573 e. The van der Waals surface area contributed by atoms with Crippen molar-refractivity contribution in [3.8, 4) is 5.75 Å². The summed E-state index contributed by atoms with van der Waals surface area (Å²) in [6.07, 6.45) is -4.60. The first kappa shape index (κ1) is 30.5. The average molecular weight is 587 g/mol. The molecule has 2 aliphatic rings. The molecule has 2 fully saturated rings. The number of halogens is 6. The number of nitrogens with zero attached hydrogens (tertiary/aromatic N) is 2. The summed E-state index contributed by atoms with van der Waals surface area (Å²) in [5.74, 6) is -7.74. The molecule has 12 heteroatoms. The van der Waals surface area contributed by atoms with E-state index in [0.29, 0.717) is 25.8 Å². The lowest BCUT2D eigenvalue weighted by molar-refractivity contribution is -0.275. The molecule has 224 valence electrons. The number of ether oxygens (including phenoxy) is 2. The summed E-state index contributed by atoms with van der Waals surface area (Å²) in [6, 6.07) is 9.57. The van der Waals surface area contributed by atoms with E-state index in [1.807, 2.05) is 0 Å². The van der Waals surface area contributed by atoms with E-state index >= 15 is 8.78 Å². The maximum atomic E-state index is 15.3. The van der Waals surface area contributed by atoms with Crippen LogP contribution in [-0.4, -0.2) is 59.9 Å². The van der Waals surface area contributed by atoms with Crippen molar-refractivity contribution in [1.29, 1.82) is 0 Å². The van der Waals surface area contributed by atoms with Gasteiger partial charge in [-0.05, 0) is 75.3 Å². The zero-order valence-electron chi connectivity index (χ0n) is 22.9. The van der Waals surface area contributed by atoms with Crippen LogP contribution in [0.25, 0.3) is 0 Å². The Morgan fingerprint density at radius 1 is 0.854 bits per heavy atom. The molecule has 2 aromatic rings. The quantitative estimate of drug-likeness (QED) is 0.368. The standard InChI is InChI=1S/C29H32F6N2O4/c1-26(2,3)41-25(39)37-17-14-27(22(18-37)19-8-10-20(30)11-9-19)12-15-36(16-13-27)24(38)28(31,32)21-6-4-5-7-23(21)40-29(33,34)35/h4-11,22H,12-18H2,1-3H3/t22-/m0/s1. The van der Waals surface area contributed by atoms with E-state index in [4.69, 9.17) is 4.74 Å². The second kappa shape index (κ2) is 11.1. The van der Waals surface area contributed by atoms with Gasteiger partial charge in [0, 0.05) is 32.1 Å². The molecule has 2 amide bonds. The Kier molecular flexibility index (Phi) is 8.26. The Balaban J connectivity index is 1.54. The number of alkyl halides is 5. The number of amides is 2. The van der Waals surface area contributed by atoms with Gasteiger partial charge in [-0.1, -0.05) is 24.3 Å². The maximum absolute atomic E-state index is 15.3. The van der Waals surface area contributed by atoms with Crippen LogP contribution >= 0.6 is 0 Å². The van der Waals surface area contributed by atoms with Crippen LogP contribution in [0.1, 0.15) is 57.1 Å². The zero-order chi connectivity index (χ0) is 30.2. The number of hydrogen-bond donors (Lipinski definition) is 0. The fourth-order valence-corrected chi connectivity index (χ4v) is 5.69. The Morgan fingerprint density at radius 3 is 1.98 bits per heavy atom. The van der Waals surface area contributed by atoms with Crippen molar-refractivity contribution in [2.45, 2.75) is 63.8 Å². The fraction of sp³-hybridized carbons (Fsp3) is 0.517. The predicted molar refractivity (Wildman–Crippen MR) is 137 cm³/mol. The molecule has 4 rings (SSSR count). The van der Waals surface area contributed by atoms with Gasteiger partial charge in [-0.15, -0.1) is 13.2 Å². The summed E-state index contributed by atoms with van der Waals surface area (Å²) in [7, 11) is 0. The molecule has 0 aromatic heterocycles. The van der Waals surface area contributed by atoms with E-state index in [9.17, 15) is 27.2 Å². The third-order valence-electron chi connectivity index (χ3n) is 7.71. The lowest BCUT2D eigenvalue weighted by atomic mass is 9.62. The van der Waals surface area contributed by atoms with Gasteiger partial charge in [0.2, 0.25) is 0 Å². The number of benzene rings is 2. The molecule has 0 bridgehead atoms. The van der Waals surface area contributed by atoms with Crippen LogP contribution in [0.4, 0.5) is 31.1 Å². The van der Waals surface area contributed by atoms with E-state index in [1.165, 1.54) is 12.1 Å². The molecule has 41 heavy (non-hydrogen) atoms. The van der Waals surface area contributed by atoms with Gasteiger partial charge < -0.3 is 19.3 Å². The summed E-state index contributed by atoms with van der Waals surface area (Å²) in [5.41, 5.74) is -1.60. The molecule has 2 aliphatic heterocycles. The molecule has 1 atom stereocenters. The third-order valence-corrected chi connectivity index (χ3v) is 7.71. The van der Waals surface area contributed by atoms with E-state index in [-0.39, 0.29) is 25.6 Å². The van der Waals surface area contributed by atoms with Gasteiger partial charge in [0.15, 0.2) is 0 Å². The monoisotopic (exact) mass is 586 g/mol. The topological polar surface area (TPSA) is 59.1 Å². The van der Waals surface area contributed by atoms with Crippen LogP contribution in [-0.2, 0) is 15.5 Å². The van der Waals surface area contributed by atoms with Crippen molar-refractivity contribution in [2.75, 3.05) is 26.2 Å². The number of hydrogen-bond acceptors (Lipinski definition) is 4. The van der Waals surface area contributed by atoms with Gasteiger partial charge in [0.1, 0.15) is 17.2 Å². The second-order valence-corrected chi connectivity index (χ2v) is 11.6. The number of rotatable bonds is 4. The van der Waals surface area contributed by atoms with E-state index < -0.39 is 52.4 Å². The summed E-state index contributed by atoms with van der Waals surface area (Å²) in [5, 5.41) is 0. The highest BCUT2D eigenvalue weighted by Crippen LogP contribution is 2.51. The third kappa shape index (κ3) is 6.90. The van der Waals surface area contributed by atoms with Crippen molar-refractivity contribution in [2.24, 2.45) is 5.41 Å². The van der Waals surface area contributed by atoms with Gasteiger partial charge in [-0.3, -0.25) is 4.79 Å². The van der Waals surface area contributed by atoms with Crippen molar-refractivity contribution >= 4 is 12.0 Å². The molecule has 0 saturated carbocycles. The normalized spacial score (nSPS) is 19.7. The molecule has 0 unspecified atom stereocenters. The number of piperidine rings is 2. The molecule has 0 N–H and O–H groups in total. The Bertz CT molecular complexity index is 1250. The Hall–Kier alpha value is -3.44. The first-order valence-electron chi connectivity index (χ1n) is 13.3. The van der Waals surface area contributed by atoms with Gasteiger partial charge >= 0.3 is 18.4 Å². The summed E-state index contributed by atoms with van der Waals surface area (Å²) < 4.78 is 92.1. The van der Waals surface area contributed by atoms with Crippen LogP contribution < -0.4 is 4.74 Å². The molecule has 2 aromatic carbocycles. The fourth-order valence-electron chi connectivity index (χ4n) is 5.69. The first-order chi connectivity index (χ1) is 19.0. The summed E-state index contributed by atoms with van der Waals surface area (Å²) >= 11 is 0. The minimum absolute atomic E-state index is 0.0686. The smallest absolute Gasteiger partial charge is 0.444 e. The van der Waals surface area contributed by atoms with Crippen LogP contribution in [0.5, 0.6) is 5.75 Å². The summed E-state index contributed by atoms with van der Waals surface area (Å²) in [4.78, 5) is 28.4. The van der Waals surface area contributed by atoms with Gasteiger partial charge in [0.05, 0.1) is 5.56 Å². The Morgan fingerprint density at radius 2 is 1.41 bits per heavy atom. The van der Waals surface area contributed by atoms with Crippen molar-refractivity contribution < 1.29 is 45.4 Å². The summed E-state index contributed by atoms with van der Waals surface area (Å²) in [6.45, 7) is 5.73. The molecule has 0 aliphatic carbocycles. The molecule has 6 nitrogen and oxygen atoms in total. The van der Waals surface area contributed by atoms with Crippen LogP contribution in [0.3, 0.4) is 0 Å². The minimum atomic E-state index is -5.21. The SMILES string of the molecule is CC(C)(C)OC(=O)N1CCC2(CCN(C(=O)C(F)(F)c3ccccc3OC(F)(F)F)CC2)[C@H](c2ccc(F)cc2)C1. The molecule has 2 saturated heterocycles. The van der Waals surface area contributed by atoms with E-state index in [1.54, 1.807) is 37.8 Å². The van der Waals surface area contributed by atoms with Crippen LogP contribution in [0.2, 0.25) is 0 Å². The van der Waals surface area contributed by atoms with E-state index in [0.717, 1.165) is 34.7 Å². The number of likely N-dealkylation sites (tertiary alicyclic amines) is 2. The highest BCUT2D eigenvalue weighted by Gasteiger charge is 2.52. The lowest BCUT2D eigenvalue weighted by Gasteiger charge is -2.52. The molecule has 1 spiro atoms. The highest BCUT2D eigenvalue weighted by atomic mass is 19.4. The van der Waals surface area contributed by atoms with Crippen molar-refractivity contribution in [3.63, 3.8) is 0 Å². The number of carbonyl (C=O) groups excluding carboxylic acids is 2. The second-order valence-electron chi connectivity index (χ2n) is 11.6. The average Bonchev–Trinajstić information content (AvgIpc) is 2.88. The van der Waals surface area contributed by atoms with E-state index in [2.05, 4.69) is 4.74 Å². The highest BCUT2D eigenvalue weighted by molar-refractivity contribution is 5.85. The molecule has 0 radical (unpaired) electrons. The van der Waals surface area contributed by atoms with Gasteiger partial charge in [-0.2, -0.15) is 8.78 Å².